The number of H-pyrrole nitrogens is 1. The van der Waals surface area contributed by atoms with Gasteiger partial charge in [0.15, 0.2) is 6.61 Å². The maximum absolute atomic E-state index is 12.6. The highest BCUT2D eigenvalue weighted by Crippen LogP contribution is 2.37. The van der Waals surface area contributed by atoms with Crippen molar-refractivity contribution in [1.29, 1.82) is 0 Å². The predicted molar refractivity (Wildman–Crippen MR) is 104 cm³/mol. The summed E-state index contributed by atoms with van der Waals surface area (Å²) in [6.07, 6.45) is 3.10. The van der Waals surface area contributed by atoms with Gasteiger partial charge in [0.25, 0.3) is 0 Å². The highest BCUT2D eigenvalue weighted by atomic mass is 16.5. The summed E-state index contributed by atoms with van der Waals surface area (Å²) in [6, 6.07) is 0. The minimum Gasteiger partial charge on any atom is -0.462 e. The Kier molecular flexibility index (Phi) is 6.38. The normalized spacial score (nSPS) is 20.8. The molecule has 1 aromatic heterocycles. The third-order valence-corrected chi connectivity index (χ3v) is 5.72. The van der Waals surface area contributed by atoms with E-state index in [1.807, 2.05) is 0 Å². The molecule has 0 aromatic carbocycles. The van der Waals surface area contributed by atoms with Crippen LogP contribution in [0, 0.1) is 25.7 Å². The number of carbonyl (C=O) groups is 5. The average molecular weight is 418 g/mol. The molecule has 1 aliphatic heterocycles. The summed E-state index contributed by atoms with van der Waals surface area (Å²) in [7, 11) is 0. The number of esters is 2. The van der Waals surface area contributed by atoms with Crippen LogP contribution in [0.2, 0.25) is 0 Å². The van der Waals surface area contributed by atoms with Gasteiger partial charge in [0.2, 0.25) is 17.6 Å². The second-order valence-corrected chi connectivity index (χ2v) is 7.69. The molecule has 30 heavy (non-hydrogen) atoms. The van der Waals surface area contributed by atoms with Gasteiger partial charge in [-0.15, -0.1) is 0 Å². The van der Waals surface area contributed by atoms with E-state index in [9.17, 15) is 24.0 Å². The molecule has 0 unspecified atom stereocenters. The van der Waals surface area contributed by atoms with Crippen LogP contribution in [0.4, 0.5) is 0 Å². The van der Waals surface area contributed by atoms with Crippen LogP contribution in [0.25, 0.3) is 0 Å². The minimum atomic E-state index is -0.841. The lowest BCUT2D eigenvalue weighted by molar-refractivity contribution is -0.152. The molecule has 1 saturated carbocycles. The number of fused-ring (bicyclic) bond motifs is 1. The van der Waals surface area contributed by atoms with Gasteiger partial charge in [-0.1, -0.05) is 12.8 Å². The molecule has 1 aromatic rings. The summed E-state index contributed by atoms with van der Waals surface area (Å²) >= 11 is 0. The third-order valence-electron chi connectivity index (χ3n) is 5.72. The number of nitrogens with one attached hydrogen (secondary N) is 1. The van der Waals surface area contributed by atoms with Crippen LogP contribution in [0.1, 0.15) is 64.7 Å². The van der Waals surface area contributed by atoms with Crippen molar-refractivity contribution in [1.82, 2.24) is 9.88 Å². The lowest BCUT2D eigenvalue weighted by Crippen LogP contribution is -2.37. The van der Waals surface area contributed by atoms with Gasteiger partial charge < -0.3 is 14.5 Å². The van der Waals surface area contributed by atoms with E-state index in [0.717, 1.165) is 17.7 Å². The Balaban J connectivity index is 1.63. The Morgan fingerprint density at radius 1 is 0.967 bits per heavy atom. The maximum atomic E-state index is 12.6. The highest BCUT2D eigenvalue weighted by molar-refractivity contribution is 6.09. The molecule has 1 aliphatic carbocycles. The SMILES string of the molecule is CCOC(=O)c1c(C)[nH]c(C)c1C(=O)COC(=O)CN1C(=O)[C@@H]2CCCC[C@H]2C1=O. The van der Waals surface area contributed by atoms with E-state index in [1.165, 1.54) is 0 Å². The first-order valence-electron chi connectivity index (χ1n) is 10.2. The molecule has 162 valence electrons. The summed E-state index contributed by atoms with van der Waals surface area (Å²) in [5.41, 5.74) is 1.17. The van der Waals surface area contributed by atoms with Crippen molar-refractivity contribution in [2.45, 2.75) is 46.5 Å². The molecule has 3 rings (SSSR count). The van der Waals surface area contributed by atoms with Crippen molar-refractivity contribution >= 4 is 29.5 Å². The molecule has 0 spiro atoms. The van der Waals surface area contributed by atoms with Gasteiger partial charge in [-0.3, -0.25) is 24.1 Å². The van der Waals surface area contributed by atoms with Crippen LogP contribution in [0.15, 0.2) is 0 Å². The summed E-state index contributed by atoms with van der Waals surface area (Å²) < 4.78 is 10.0. The van der Waals surface area contributed by atoms with Crippen molar-refractivity contribution in [3.05, 3.63) is 22.5 Å². The maximum Gasteiger partial charge on any atom is 0.340 e. The quantitative estimate of drug-likeness (QED) is 0.406. The number of hydrogen-bond acceptors (Lipinski definition) is 7. The van der Waals surface area contributed by atoms with Crippen molar-refractivity contribution in [3.63, 3.8) is 0 Å². The monoisotopic (exact) mass is 418 g/mol. The predicted octanol–water partition coefficient (Wildman–Crippen LogP) is 1.71. The molecular weight excluding hydrogens is 392 g/mol. The first-order valence-corrected chi connectivity index (χ1v) is 10.2. The van der Waals surface area contributed by atoms with Crippen molar-refractivity contribution in [2.24, 2.45) is 11.8 Å². The number of imide groups is 1. The van der Waals surface area contributed by atoms with E-state index in [-0.39, 0.29) is 41.4 Å². The zero-order chi connectivity index (χ0) is 22.0. The summed E-state index contributed by atoms with van der Waals surface area (Å²) in [5.74, 6) is -3.42. The van der Waals surface area contributed by atoms with Crippen LogP contribution in [-0.4, -0.2) is 59.2 Å². The van der Waals surface area contributed by atoms with Crippen molar-refractivity contribution in [2.75, 3.05) is 19.8 Å². The first kappa shape index (κ1) is 21.7. The number of aromatic amines is 1. The Morgan fingerprint density at radius 3 is 2.10 bits per heavy atom. The van der Waals surface area contributed by atoms with Crippen molar-refractivity contribution < 1.29 is 33.4 Å². The summed E-state index contributed by atoms with van der Waals surface area (Å²) in [5, 5.41) is 0. The fraction of sp³-hybridized carbons (Fsp3) is 0.571. The standard InChI is InChI=1S/C21H26N2O7/c1-4-29-21(28)18-12(3)22-11(2)17(18)15(24)10-30-16(25)9-23-19(26)13-7-5-6-8-14(13)20(23)27/h13-14,22H,4-10H2,1-3H3/t13-,14-/m1/s1. The molecule has 9 nitrogen and oxygen atoms in total. The van der Waals surface area contributed by atoms with Gasteiger partial charge in [0.1, 0.15) is 6.54 Å². The fourth-order valence-electron chi connectivity index (χ4n) is 4.37. The fourth-order valence-corrected chi connectivity index (χ4v) is 4.37. The number of nitrogens with zero attached hydrogens (tertiary/aromatic N) is 1. The number of carbonyl (C=O) groups excluding carboxylic acids is 5. The molecule has 2 fully saturated rings. The average Bonchev–Trinajstić information content (AvgIpc) is 3.14. The van der Waals surface area contributed by atoms with Crippen LogP contribution in [0.5, 0.6) is 0 Å². The molecular formula is C21H26N2O7. The number of aryl methyl sites for hydroxylation is 2. The van der Waals surface area contributed by atoms with Gasteiger partial charge >= 0.3 is 11.9 Å². The molecule has 1 saturated heterocycles. The number of Topliss-reactive ketones (excluding diaryl/α,β-unsaturated/α-hetero) is 1. The summed E-state index contributed by atoms with van der Waals surface area (Å²) in [4.78, 5) is 65.8. The van der Waals surface area contributed by atoms with Crippen LogP contribution >= 0.6 is 0 Å². The summed E-state index contributed by atoms with van der Waals surface area (Å²) in [6.45, 7) is 3.98. The van der Waals surface area contributed by atoms with Gasteiger partial charge in [-0.05, 0) is 33.6 Å². The Morgan fingerprint density at radius 2 is 1.53 bits per heavy atom. The molecule has 2 atom stereocenters. The second kappa shape index (κ2) is 8.81. The van der Waals surface area contributed by atoms with E-state index in [4.69, 9.17) is 9.47 Å². The smallest absolute Gasteiger partial charge is 0.340 e. The van der Waals surface area contributed by atoms with Crippen molar-refractivity contribution in [3.8, 4) is 0 Å². The number of aromatic nitrogens is 1. The first-order chi connectivity index (χ1) is 14.3. The van der Waals surface area contributed by atoms with Gasteiger partial charge in [0.05, 0.1) is 29.6 Å². The van der Waals surface area contributed by atoms with Crippen LogP contribution < -0.4 is 0 Å². The van der Waals surface area contributed by atoms with E-state index >= 15 is 0 Å². The highest BCUT2D eigenvalue weighted by Gasteiger charge is 2.48. The second-order valence-electron chi connectivity index (χ2n) is 7.69. The lowest BCUT2D eigenvalue weighted by atomic mass is 9.81. The Hall–Kier alpha value is -2.97. The lowest BCUT2D eigenvalue weighted by Gasteiger charge is -2.19. The molecule has 0 bridgehead atoms. The van der Waals surface area contributed by atoms with E-state index in [2.05, 4.69) is 4.98 Å². The number of likely N-dealkylation sites (tertiary alicyclic amines) is 1. The number of ether oxygens (including phenoxy) is 2. The molecule has 1 N–H and O–H groups in total. The van der Waals surface area contributed by atoms with Crippen LogP contribution in [-0.2, 0) is 23.9 Å². The number of hydrogen-bond donors (Lipinski definition) is 1. The zero-order valence-corrected chi connectivity index (χ0v) is 17.4. The largest absolute Gasteiger partial charge is 0.462 e. The number of amides is 2. The van der Waals surface area contributed by atoms with E-state index < -0.39 is 30.9 Å². The number of ketones is 1. The van der Waals surface area contributed by atoms with Gasteiger partial charge in [0, 0.05) is 11.4 Å². The van der Waals surface area contributed by atoms with E-state index in [0.29, 0.717) is 24.2 Å². The molecule has 0 radical (unpaired) electrons. The zero-order valence-electron chi connectivity index (χ0n) is 17.4. The minimum absolute atomic E-state index is 0.109. The van der Waals surface area contributed by atoms with Crippen LogP contribution in [0.3, 0.4) is 0 Å². The molecule has 9 heteroatoms. The van der Waals surface area contributed by atoms with E-state index in [1.54, 1.807) is 20.8 Å². The Bertz CT molecular complexity index is 877. The number of rotatable bonds is 7. The molecule has 2 heterocycles. The third kappa shape index (κ3) is 4.01. The van der Waals surface area contributed by atoms with Gasteiger partial charge in [-0.25, -0.2) is 4.79 Å². The molecule has 2 aliphatic rings. The topological polar surface area (TPSA) is 123 Å². The Labute approximate surface area is 174 Å². The molecule has 2 amide bonds. The van der Waals surface area contributed by atoms with Gasteiger partial charge in [-0.2, -0.15) is 0 Å².